The highest BCUT2D eigenvalue weighted by atomic mass is 16.6. The molecule has 0 saturated heterocycles. The number of carbonyl (C=O) groups is 1. The summed E-state index contributed by atoms with van der Waals surface area (Å²) < 4.78 is 16.7. The maximum atomic E-state index is 12.0. The normalized spacial score (nSPS) is 22.1. The maximum absolute atomic E-state index is 12.0. The quantitative estimate of drug-likeness (QED) is 0.672. The Balaban J connectivity index is 2.14. The van der Waals surface area contributed by atoms with E-state index < -0.39 is 29.4 Å². The molecule has 1 aromatic carbocycles. The summed E-state index contributed by atoms with van der Waals surface area (Å²) in [5, 5.41) is 11.5. The van der Waals surface area contributed by atoms with E-state index in [1.807, 2.05) is 0 Å². The van der Waals surface area contributed by atoms with Crippen molar-refractivity contribution >= 4 is 16.9 Å². The lowest BCUT2D eigenvalue weighted by Gasteiger charge is -2.42. The van der Waals surface area contributed by atoms with Crippen molar-refractivity contribution in [1.82, 2.24) is 0 Å². The van der Waals surface area contributed by atoms with E-state index in [-0.39, 0.29) is 11.5 Å². The molecule has 6 nitrogen and oxygen atoms in total. The van der Waals surface area contributed by atoms with E-state index in [1.54, 1.807) is 45.9 Å². The second kappa shape index (κ2) is 5.63. The van der Waals surface area contributed by atoms with E-state index in [2.05, 4.69) is 0 Å². The van der Waals surface area contributed by atoms with Crippen molar-refractivity contribution in [3.63, 3.8) is 0 Å². The van der Waals surface area contributed by atoms with Gasteiger partial charge in [-0.2, -0.15) is 0 Å². The van der Waals surface area contributed by atoms with E-state index in [0.717, 1.165) is 0 Å². The molecule has 0 fully saturated rings. The molecule has 128 valence electrons. The molecule has 2 heterocycles. The number of hydrogen-bond donors (Lipinski definition) is 1. The fourth-order valence-electron chi connectivity index (χ4n) is 2.85. The largest absolute Gasteiger partial charge is 0.483 e. The molecule has 1 N–H and O–H groups in total. The topological polar surface area (TPSA) is 86.0 Å². The van der Waals surface area contributed by atoms with Gasteiger partial charge in [-0.05, 0) is 32.0 Å². The lowest BCUT2D eigenvalue weighted by Crippen LogP contribution is -2.51. The second-order valence-electron chi connectivity index (χ2n) is 6.81. The van der Waals surface area contributed by atoms with Crippen LogP contribution in [-0.4, -0.2) is 22.8 Å². The third-order valence-electron chi connectivity index (χ3n) is 4.14. The number of fused-ring (bicyclic) bond motifs is 3. The summed E-state index contributed by atoms with van der Waals surface area (Å²) in [6, 6.07) is 6.39. The van der Waals surface area contributed by atoms with Crippen molar-refractivity contribution in [3.05, 3.63) is 40.2 Å². The summed E-state index contributed by atoms with van der Waals surface area (Å²) in [7, 11) is 0. The van der Waals surface area contributed by atoms with E-state index >= 15 is 0 Å². The lowest BCUT2D eigenvalue weighted by atomic mass is 9.87. The Labute approximate surface area is 139 Å². The molecule has 1 aromatic heterocycles. The fourth-order valence-corrected chi connectivity index (χ4v) is 2.85. The van der Waals surface area contributed by atoms with E-state index in [0.29, 0.717) is 16.7 Å². The first kappa shape index (κ1) is 16.5. The molecule has 3 rings (SSSR count). The first-order valence-corrected chi connectivity index (χ1v) is 7.85. The molecule has 6 heteroatoms. The third kappa shape index (κ3) is 2.67. The minimum atomic E-state index is -1.17. The number of benzene rings is 1. The monoisotopic (exact) mass is 332 g/mol. The van der Waals surface area contributed by atoms with Gasteiger partial charge in [0.2, 0.25) is 0 Å². The first-order valence-electron chi connectivity index (χ1n) is 7.85. The van der Waals surface area contributed by atoms with E-state index in [9.17, 15) is 14.7 Å². The third-order valence-corrected chi connectivity index (χ3v) is 4.14. The molecule has 24 heavy (non-hydrogen) atoms. The van der Waals surface area contributed by atoms with Crippen LogP contribution in [0.4, 0.5) is 0 Å². The van der Waals surface area contributed by atoms with E-state index in [1.165, 1.54) is 6.07 Å². The smallest absolute Gasteiger partial charge is 0.336 e. The number of ether oxygens (including phenoxy) is 2. The summed E-state index contributed by atoms with van der Waals surface area (Å²) >= 11 is 0. The summed E-state index contributed by atoms with van der Waals surface area (Å²) in [5.41, 5.74) is -0.886. The van der Waals surface area contributed by atoms with Gasteiger partial charge >= 0.3 is 11.6 Å². The van der Waals surface area contributed by atoms with Gasteiger partial charge < -0.3 is 19.0 Å². The van der Waals surface area contributed by atoms with Crippen molar-refractivity contribution in [2.24, 2.45) is 5.92 Å². The predicted molar refractivity (Wildman–Crippen MR) is 86.9 cm³/mol. The number of aliphatic hydroxyl groups is 1. The fraction of sp³-hybridized carbons (Fsp3) is 0.444. The lowest BCUT2D eigenvalue weighted by molar-refractivity contribution is -0.180. The van der Waals surface area contributed by atoms with Crippen LogP contribution in [0.5, 0.6) is 5.75 Å². The Morgan fingerprint density at radius 1 is 1.25 bits per heavy atom. The molecule has 2 atom stereocenters. The number of hydrogen-bond acceptors (Lipinski definition) is 6. The molecular formula is C18H20O6. The number of esters is 1. The summed E-state index contributed by atoms with van der Waals surface area (Å²) in [4.78, 5) is 23.6. The van der Waals surface area contributed by atoms with Crippen LogP contribution in [0.2, 0.25) is 0 Å². The van der Waals surface area contributed by atoms with Crippen LogP contribution in [-0.2, 0) is 9.53 Å². The van der Waals surface area contributed by atoms with Gasteiger partial charge in [0.15, 0.2) is 6.10 Å². The van der Waals surface area contributed by atoms with Gasteiger partial charge in [0, 0.05) is 11.5 Å². The molecule has 0 bridgehead atoms. The van der Waals surface area contributed by atoms with Crippen molar-refractivity contribution < 1.29 is 23.8 Å². The Hall–Kier alpha value is -2.34. The summed E-state index contributed by atoms with van der Waals surface area (Å²) in [6.07, 6.45) is -2.09. The van der Waals surface area contributed by atoms with Crippen LogP contribution in [0.3, 0.4) is 0 Å². The maximum Gasteiger partial charge on any atom is 0.336 e. The molecule has 0 spiro atoms. The molecule has 1 aliphatic heterocycles. The van der Waals surface area contributed by atoms with Crippen LogP contribution in [0.1, 0.15) is 39.4 Å². The molecule has 0 amide bonds. The zero-order valence-corrected chi connectivity index (χ0v) is 14.0. The van der Waals surface area contributed by atoms with Gasteiger partial charge in [-0.3, -0.25) is 4.79 Å². The molecule has 2 aromatic rings. The zero-order valence-electron chi connectivity index (χ0n) is 14.0. The van der Waals surface area contributed by atoms with Gasteiger partial charge in [-0.15, -0.1) is 0 Å². The van der Waals surface area contributed by atoms with Crippen molar-refractivity contribution in [2.45, 2.75) is 45.5 Å². The van der Waals surface area contributed by atoms with Crippen LogP contribution >= 0.6 is 0 Å². The Morgan fingerprint density at radius 2 is 1.92 bits per heavy atom. The van der Waals surface area contributed by atoms with Crippen LogP contribution in [0, 0.1) is 5.92 Å². The van der Waals surface area contributed by atoms with Crippen molar-refractivity contribution in [2.75, 3.05) is 0 Å². The highest BCUT2D eigenvalue weighted by molar-refractivity contribution is 5.83. The highest BCUT2D eigenvalue weighted by Gasteiger charge is 2.47. The molecule has 1 aliphatic rings. The second-order valence-corrected chi connectivity index (χ2v) is 6.81. The summed E-state index contributed by atoms with van der Waals surface area (Å²) in [5.74, 6) is -0.355. The summed E-state index contributed by atoms with van der Waals surface area (Å²) in [6.45, 7) is 6.91. The van der Waals surface area contributed by atoms with Gasteiger partial charge in [0.25, 0.3) is 0 Å². The number of aliphatic hydroxyl groups excluding tert-OH is 1. The van der Waals surface area contributed by atoms with E-state index in [4.69, 9.17) is 13.9 Å². The molecule has 0 saturated carbocycles. The van der Waals surface area contributed by atoms with Crippen LogP contribution < -0.4 is 10.4 Å². The molecular weight excluding hydrogens is 312 g/mol. The average molecular weight is 332 g/mol. The SMILES string of the molecule is CC(C)C(=O)OC1C(O)c2c(ccc3ccc(=O)oc23)OC1(C)C. The Morgan fingerprint density at radius 3 is 2.58 bits per heavy atom. The average Bonchev–Trinajstić information content (AvgIpc) is 2.49. The number of rotatable bonds is 2. The minimum Gasteiger partial charge on any atom is -0.483 e. The van der Waals surface area contributed by atoms with Gasteiger partial charge in [-0.1, -0.05) is 13.8 Å². The Kier molecular flexibility index (Phi) is 3.87. The Bertz CT molecular complexity index is 848. The number of carbonyl (C=O) groups excluding carboxylic acids is 1. The minimum absolute atomic E-state index is 0.244. The van der Waals surface area contributed by atoms with Gasteiger partial charge in [0.1, 0.15) is 23.0 Å². The molecule has 2 unspecified atom stereocenters. The first-order chi connectivity index (χ1) is 11.2. The van der Waals surface area contributed by atoms with Gasteiger partial charge in [-0.25, -0.2) is 4.79 Å². The van der Waals surface area contributed by atoms with Crippen LogP contribution in [0.15, 0.2) is 33.5 Å². The van der Waals surface area contributed by atoms with Crippen molar-refractivity contribution in [3.8, 4) is 5.75 Å². The molecule has 0 aliphatic carbocycles. The van der Waals surface area contributed by atoms with Crippen LogP contribution in [0.25, 0.3) is 11.0 Å². The van der Waals surface area contributed by atoms with Gasteiger partial charge in [0.05, 0.1) is 11.5 Å². The van der Waals surface area contributed by atoms with Crippen molar-refractivity contribution in [1.29, 1.82) is 0 Å². The standard InChI is InChI=1S/C18H20O6/c1-9(2)17(21)23-16-14(20)13-11(24-18(16,3)4)7-5-10-6-8-12(19)22-15(10)13/h5-9,14,16,20H,1-4H3. The highest BCUT2D eigenvalue weighted by Crippen LogP contribution is 2.44. The predicted octanol–water partition coefficient (Wildman–Crippen LogP) is 2.57. The zero-order chi connectivity index (χ0) is 17.6. The molecule has 0 radical (unpaired) electrons.